The van der Waals surface area contributed by atoms with Crippen LogP contribution in [0.1, 0.15) is 46.0 Å². The highest BCUT2D eigenvalue weighted by atomic mass is 16.6. The monoisotopic (exact) mass is 306 g/mol. The molecule has 2 aliphatic carbocycles. The summed E-state index contributed by atoms with van der Waals surface area (Å²) in [5.41, 5.74) is 0.875. The molecule has 1 saturated carbocycles. The fraction of sp³-hybridized carbons (Fsp3) is 0.706. The first kappa shape index (κ1) is 15.3. The van der Waals surface area contributed by atoms with E-state index in [1.807, 2.05) is 6.92 Å². The SMILES string of the molecule is CCOC(=O)[C@@]1(CC=O)C2CCCC3=C2[C@H](C[C@H]1C)OC3=O. The van der Waals surface area contributed by atoms with Gasteiger partial charge in [-0.05, 0) is 44.1 Å². The smallest absolute Gasteiger partial charge is 0.334 e. The van der Waals surface area contributed by atoms with E-state index < -0.39 is 5.41 Å². The fourth-order valence-electron chi connectivity index (χ4n) is 4.65. The minimum Gasteiger partial charge on any atom is -0.466 e. The molecule has 1 heterocycles. The van der Waals surface area contributed by atoms with Crippen LogP contribution in [0, 0.1) is 17.3 Å². The van der Waals surface area contributed by atoms with Gasteiger partial charge in [-0.25, -0.2) is 4.79 Å². The number of ether oxygens (including phenoxy) is 2. The molecule has 0 bridgehead atoms. The van der Waals surface area contributed by atoms with Crippen molar-refractivity contribution in [3.8, 4) is 0 Å². The van der Waals surface area contributed by atoms with Crippen LogP contribution in [0.5, 0.6) is 0 Å². The van der Waals surface area contributed by atoms with Gasteiger partial charge in [-0.15, -0.1) is 0 Å². The van der Waals surface area contributed by atoms with Gasteiger partial charge in [-0.2, -0.15) is 0 Å². The lowest BCUT2D eigenvalue weighted by Crippen LogP contribution is -2.52. The molecule has 1 unspecified atom stereocenters. The van der Waals surface area contributed by atoms with E-state index in [1.54, 1.807) is 6.92 Å². The van der Waals surface area contributed by atoms with E-state index in [-0.39, 0.29) is 36.3 Å². The first-order valence-electron chi connectivity index (χ1n) is 8.11. The summed E-state index contributed by atoms with van der Waals surface area (Å²) in [7, 11) is 0. The van der Waals surface area contributed by atoms with Crippen molar-refractivity contribution < 1.29 is 23.9 Å². The lowest BCUT2D eigenvalue weighted by atomic mass is 9.54. The van der Waals surface area contributed by atoms with Crippen molar-refractivity contribution in [3.05, 3.63) is 11.1 Å². The molecule has 0 aromatic rings. The van der Waals surface area contributed by atoms with E-state index in [0.717, 1.165) is 36.7 Å². The Hall–Kier alpha value is -1.65. The average Bonchev–Trinajstić information content (AvgIpc) is 2.81. The Labute approximate surface area is 130 Å². The van der Waals surface area contributed by atoms with Gasteiger partial charge in [0, 0.05) is 17.9 Å². The largest absolute Gasteiger partial charge is 0.466 e. The van der Waals surface area contributed by atoms with E-state index in [1.165, 1.54) is 0 Å². The van der Waals surface area contributed by atoms with Crippen LogP contribution in [-0.2, 0) is 23.9 Å². The molecule has 4 atom stereocenters. The van der Waals surface area contributed by atoms with Crippen LogP contribution in [0.15, 0.2) is 11.1 Å². The molecule has 0 spiro atoms. The Morgan fingerprint density at radius 3 is 2.95 bits per heavy atom. The van der Waals surface area contributed by atoms with Crippen molar-refractivity contribution in [1.29, 1.82) is 0 Å². The molecular formula is C17H22O5. The molecule has 0 N–H and O–H groups in total. The van der Waals surface area contributed by atoms with Gasteiger partial charge in [0.25, 0.3) is 0 Å². The highest BCUT2D eigenvalue weighted by Crippen LogP contribution is 2.57. The summed E-state index contributed by atoms with van der Waals surface area (Å²) in [6.07, 6.45) is 3.72. The van der Waals surface area contributed by atoms with Crippen LogP contribution in [0.25, 0.3) is 0 Å². The molecule has 0 aromatic heterocycles. The van der Waals surface area contributed by atoms with Crippen LogP contribution >= 0.6 is 0 Å². The Kier molecular flexibility index (Phi) is 3.83. The van der Waals surface area contributed by atoms with E-state index >= 15 is 0 Å². The van der Waals surface area contributed by atoms with Crippen LogP contribution in [0.4, 0.5) is 0 Å². The number of rotatable bonds is 4. The summed E-state index contributed by atoms with van der Waals surface area (Å²) >= 11 is 0. The molecule has 5 heteroatoms. The van der Waals surface area contributed by atoms with Crippen molar-refractivity contribution in [2.45, 2.75) is 52.1 Å². The van der Waals surface area contributed by atoms with Gasteiger partial charge in [0.1, 0.15) is 12.4 Å². The number of aldehydes is 1. The summed E-state index contributed by atoms with van der Waals surface area (Å²) in [5, 5.41) is 0. The molecule has 120 valence electrons. The van der Waals surface area contributed by atoms with Crippen molar-refractivity contribution >= 4 is 18.2 Å². The molecule has 1 fully saturated rings. The number of hydrogen-bond acceptors (Lipinski definition) is 5. The molecular weight excluding hydrogens is 284 g/mol. The van der Waals surface area contributed by atoms with E-state index in [0.29, 0.717) is 13.0 Å². The zero-order valence-corrected chi connectivity index (χ0v) is 13.1. The third-order valence-corrected chi connectivity index (χ3v) is 5.63. The maximum absolute atomic E-state index is 12.8. The summed E-state index contributed by atoms with van der Waals surface area (Å²) < 4.78 is 10.8. The second kappa shape index (κ2) is 5.52. The second-order valence-electron chi connectivity index (χ2n) is 6.54. The molecule has 1 aliphatic heterocycles. The standard InChI is InChI=1S/C17H22O5/c1-3-21-16(20)17(7-8-18)10(2)9-13-14-11(15(19)22-13)5-4-6-12(14)17/h8,10,12-13H,3-7,9H2,1-2H3/t10-,12?,13+,17-/m1/s1. The molecule has 0 amide bonds. The Bertz CT molecular complexity index is 549. The summed E-state index contributed by atoms with van der Waals surface area (Å²) in [6.45, 7) is 4.04. The predicted molar refractivity (Wildman–Crippen MR) is 77.8 cm³/mol. The van der Waals surface area contributed by atoms with E-state index in [4.69, 9.17) is 9.47 Å². The zero-order chi connectivity index (χ0) is 15.9. The normalized spacial score (nSPS) is 36.6. The molecule has 0 aromatic carbocycles. The van der Waals surface area contributed by atoms with Gasteiger partial charge in [0.05, 0.1) is 12.0 Å². The van der Waals surface area contributed by atoms with Gasteiger partial charge in [-0.3, -0.25) is 4.79 Å². The van der Waals surface area contributed by atoms with Gasteiger partial charge < -0.3 is 14.3 Å². The number of hydrogen-bond donors (Lipinski definition) is 0. The van der Waals surface area contributed by atoms with Crippen LogP contribution < -0.4 is 0 Å². The lowest BCUT2D eigenvalue weighted by molar-refractivity contribution is -0.168. The Morgan fingerprint density at radius 1 is 1.50 bits per heavy atom. The van der Waals surface area contributed by atoms with Gasteiger partial charge in [-0.1, -0.05) is 6.92 Å². The van der Waals surface area contributed by atoms with Gasteiger partial charge >= 0.3 is 11.9 Å². The molecule has 3 aliphatic rings. The highest BCUT2D eigenvalue weighted by molar-refractivity contribution is 5.94. The third kappa shape index (κ3) is 1.94. The quantitative estimate of drug-likeness (QED) is 0.588. The molecule has 5 nitrogen and oxygen atoms in total. The molecule has 0 radical (unpaired) electrons. The van der Waals surface area contributed by atoms with Crippen molar-refractivity contribution in [2.24, 2.45) is 17.3 Å². The summed E-state index contributed by atoms with van der Waals surface area (Å²) in [4.78, 5) is 36.1. The average molecular weight is 306 g/mol. The van der Waals surface area contributed by atoms with Crippen molar-refractivity contribution in [1.82, 2.24) is 0 Å². The topological polar surface area (TPSA) is 69.7 Å². The minimum atomic E-state index is -0.844. The Balaban J connectivity index is 2.10. The summed E-state index contributed by atoms with van der Waals surface area (Å²) in [5.74, 6) is -0.699. The first-order chi connectivity index (χ1) is 10.6. The van der Waals surface area contributed by atoms with Gasteiger partial charge in [0.15, 0.2) is 0 Å². The van der Waals surface area contributed by atoms with Gasteiger partial charge in [0.2, 0.25) is 0 Å². The summed E-state index contributed by atoms with van der Waals surface area (Å²) in [6, 6.07) is 0. The fourth-order valence-corrected chi connectivity index (χ4v) is 4.65. The second-order valence-corrected chi connectivity index (χ2v) is 6.54. The van der Waals surface area contributed by atoms with Crippen LogP contribution in [-0.4, -0.2) is 30.9 Å². The molecule has 0 saturated heterocycles. The van der Waals surface area contributed by atoms with Crippen LogP contribution in [0.3, 0.4) is 0 Å². The molecule has 22 heavy (non-hydrogen) atoms. The number of carbonyl (C=O) groups excluding carboxylic acids is 3. The zero-order valence-electron chi connectivity index (χ0n) is 13.1. The lowest BCUT2D eigenvalue weighted by Gasteiger charge is -2.49. The van der Waals surface area contributed by atoms with E-state index in [2.05, 4.69) is 0 Å². The maximum Gasteiger partial charge on any atom is 0.334 e. The maximum atomic E-state index is 12.8. The van der Waals surface area contributed by atoms with Crippen molar-refractivity contribution in [3.63, 3.8) is 0 Å². The van der Waals surface area contributed by atoms with Crippen LogP contribution in [0.2, 0.25) is 0 Å². The van der Waals surface area contributed by atoms with Crippen molar-refractivity contribution in [2.75, 3.05) is 6.61 Å². The number of carbonyl (C=O) groups is 3. The molecule has 3 rings (SSSR count). The van der Waals surface area contributed by atoms with E-state index in [9.17, 15) is 14.4 Å². The minimum absolute atomic E-state index is 0.0549. The highest BCUT2D eigenvalue weighted by Gasteiger charge is 2.60. The number of esters is 2. The predicted octanol–water partition coefficient (Wildman–Crippen LogP) is 2.19. The Morgan fingerprint density at radius 2 is 2.27 bits per heavy atom. The third-order valence-electron chi connectivity index (χ3n) is 5.63. The first-order valence-corrected chi connectivity index (χ1v) is 8.11.